The van der Waals surface area contributed by atoms with Gasteiger partial charge in [-0.25, -0.2) is 24.1 Å². The van der Waals surface area contributed by atoms with E-state index in [1.54, 1.807) is 35.8 Å². The molecule has 4 aromatic carbocycles. The van der Waals surface area contributed by atoms with Crippen LogP contribution in [0.2, 0.25) is 0 Å². The first-order chi connectivity index (χ1) is 23.0. The first-order valence-corrected chi connectivity index (χ1v) is 18.4. The maximum atomic E-state index is 15.8. The number of rotatable bonds is 10. The molecule has 0 saturated carbocycles. The van der Waals surface area contributed by atoms with E-state index in [1.165, 1.54) is 12.7 Å². The Morgan fingerprint density at radius 1 is 0.830 bits per heavy atom. The summed E-state index contributed by atoms with van der Waals surface area (Å²) in [6.07, 6.45) is -0.763. The van der Waals surface area contributed by atoms with Crippen molar-refractivity contribution in [3.63, 3.8) is 0 Å². The molecule has 3 unspecified atom stereocenters. The molecule has 0 aliphatic carbocycles. The van der Waals surface area contributed by atoms with Crippen molar-refractivity contribution in [1.29, 1.82) is 0 Å². The second kappa shape index (κ2) is 13.7. The highest BCUT2D eigenvalue weighted by molar-refractivity contribution is 7.87. The second-order valence-electron chi connectivity index (χ2n) is 11.1. The zero-order valence-electron chi connectivity index (χ0n) is 25.4. The number of ether oxygens (including phenoxy) is 2. The van der Waals surface area contributed by atoms with Gasteiger partial charge >= 0.3 is 0 Å². The molecule has 47 heavy (non-hydrogen) atoms. The molecule has 12 heteroatoms. The zero-order valence-corrected chi connectivity index (χ0v) is 27.3. The van der Waals surface area contributed by atoms with Crippen molar-refractivity contribution in [2.24, 2.45) is 10.7 Å². The molecule has 2 aromatic heterocycles. The van der Waals surface area contributed by atoms with Crippen LogP contribution in [-0.4, -0.2) is 38.3 Å². The smallest absolute Gasteiger partial charge is 0.261 e. The van der Waals surface area contributed by atoms with Crippen LogP contribution in [0.4, 0.5) is 10.2 Å². The summed E-state index contributed by atoms with van der Waals surface area (Å²) in [5.74, 6) is 0.220. The molecule has 0 amide bonds. The number of benzene rings is 4. The summed E-state index contributed by atoms with van der Waals surface area (Å²) in [7, 11) is -5.24. The molecule has 238 valence electrons. The number of hydrogen-bond acceptors (Lipinski definition) is 8. The highest BCUT2D eigenvalue weighted by Gasteiger charge is 2.45. The Morgan fingerprint density at radius 3 is 1.96 bits per heavy atom. The molecule has 0 N–H and O–H groups in total. The van der Waals surface area contributed by atoms with Crippen LogP contribution in [-0.2, 0) is 14.0 Å². The van der Waals surface area contributed by atoms with Gasteiger partial charge in [-0.15, -0.1) is 0 Å². The van der Waals surface area contributed by atoms with E-state index in [1.807, 2.05) is 60.7 Å². The third kappa shape index (κ3) is 6.18. The van der Waals surface area contributed by atoms with Gasteiger partial charge in [-0.3, -0.25) is 9.13 Å². The predicted octanol–water partition coefficient (Wildman–Crippen LogP) is 6.99. The molecule has 1 aliphatic rings. The first kappa shape index (κ1) is 31.2. The van der Waals surface area contributed by atoms with Gasteiger partial charge < -0.3 is 14.0 Å². The number of fused-ring (bicyclic) bond motifs is 1. The van der Waals surface area contributed by atoms with Crippen LogP contribution in [0.3, 0.4) is 0 Å². The van der Waals surface area contributed by atoms with E-state index in [0.717, 1.165) is 15.9 Å². The van der Waals surface area contributed by atoms with Crippen molar-refractivity contribution in [2.75, 3.05) is 6.35 Å². The van der Waals surface area contributed by atoms with Crippen molar-refractivity contribution in [2.45, 2.75) is 25.6 Å². The van der Waals surface area contributed by atoms with Gasteiger partial charge in [-0.2, -0.15) is 0 Å². The highest BCUT2D eigenvalue weighted by atomic mass is 31.2. The Hall–Kier alpha value is -4.46. The molecule has 1 fully saturated rings. The van der Waals surface area contributed by atoms with Crippen molar-refractivity contribution in [1.82, 2.24) is 19.5 Å². The van der Waals surface area contributed by atoms with Crippen molar-refractivity contribution >= 4 is 48.0 Å². The van der Waals surface area contributed by atoms with Crippen LogP contribution in [0.15, 0.2) is 139 Å². The SMILES string of the molecule is C[C@@H]1C(OC[PH](=O)Oc2ccccc2)O[C@@H](n2cnc3c(N=P(c4ccccc4)(c4ccccc4)c4ccccc4)ncnc32)C1F. The number of hydrogen-bond donors (Lipinski definition) is 0. The maximum absolute atomic E-state index is 15.8. The minimum Gasteiger partial charge on any atom is -0.443 e. The quantitative estimate of drug-likeness (QED) is 0.145. The van der Waals surface area contributed by atoms with Crippen molar-refractivity contribution < 1.29 is 23.0 Å². The third-order valence-corrected chi connectivity index (χ3v) is 12.6. The fourth-order valence-corrected chi connectivity index (χ4v) is 9.99. The summed E-state index contributed by atoms with van der Waals surface area (Å²) in [4.78, 5) is 13.7. The third-order valence-electron chi connectivity index (χ3n) is 8.07. The molecular formula is C35H32FN5O4P2. The molecule has 1 aliphatic heterocycles. The number of alkyl halides is 1. The first-order valence-electron chi connectivity index (χ1n) is 15.2. The Morgan fingerprint density at radius 2 is 1.38 bits per heavy atom. The zero-order chi connectivity index (χ0) is 32.2. The molecule has 5 atom stereocenters. The van der Waals surface area contributed by atoms with Crippen LogP contribution >= 0.6 is 15.1 Å². The minimum atomic E-state index is -2.65. The lowest BCUT2D eigenvalue weighted by Gasteiger charge is -2.26. The second-order valence-corrected chi connectivity index (χ2v) is 15.3. The van der Waals surface area contributed by atoms with Gasteiger partial charge in [-0.05, 0) is 12.1 Å². The minimum absolute atomic E-state index is 0.214. The molecule has 9 nitrogen and oxygen atoms in total. The van der Waals surface area contributed by atoms with Crippen molar-refractivity contribution in [3.8, 4) is 5.75 Å². The Bertz CT molecular complexity index is 1930. The molecule has 0 bridgehead atoms. The van der Waals surface area contributed by atoms with E-state index in [9.17, 15) is 4.57 Å². The summed E-state index contributed by atoms with van der Waals surface area (Å²) in [6.45, 7) is 1.69. The topological polar surface area (TPSA) is 101 Å². The number of halogens is 1. The molecule has 0 spiro atoms. The van der Waals surface area contributed by atoms with E-state index < -0.39 is 39.7 Å². The predicted molar refractivity (Wildman–Crippen MR) is 183 cm³/mol. The Balaban J connectivity index is 1.25. The van der Waals surface area contributed by atoms with Gasteiger partial charge in [-0.1, -0.05) is 116 Å². The lowest BCUT2D eigenvalue weighted by atomic mass is 10.1. The molecule has 6 aromatic rings. The monoisotopic (exact) mass is 667 g/mol. The van der Waals surface area contributed by atoms with Gasteiger partial charge in [0.1, 0.15) is 18.4 Å². The van der Waals surface area contributed by atoms with Gasteiger partial charge in [0.2, 0.25) is 0 Å². The average Bonchev–Trinajstić information content (AvgIpc) is 3.68. The maximum Gasteiger partial charge on any atom is 0.261 e. The summed E-state index contributed by atoms with van der Waals surface area (Å²) in [5, 5.41) is 3.16. The van der Waals surface area contributed by atoms with Gasteiger partial charge in [0, 0.05) is 21.8 Å². The Kier molecular flexibility index (Phi) is 9.09. The van der Waals surface area contributed by atoms with Crippen LogP contribution < -0.4 is 20.4 Å². The van der Waals surface area contributed by atoms with E-state index >= 15 is 4.39 Å². The van der Waals surface area contributed by atoms with Crippen molar-refractivity contribution in [3.05, 3.63) is 134 Å². The highest BCUT2D eigenvalue weighted by Crippen LogP contribution is 2.50. The molecule has 7 rings (SSSR count). The summed E-state index contributed by atoms with van der Waals surface area (Å²) < 4.78 is 52.7. The van der Waals surface area contributed by atoms with E-state index in [-0.39, 0.29) is 6.35 Å². The fraction of sp³-hybridized carbons (Fsp3) is 0.171. The number of nitrogens with zero attached hydrogens (tertiary/aromatic N) is 5. The Labute approximate surface area is 272 Å². The van der Waals surface area contributed by atoms with Gasteiger partial charge in [0.05, 0.1) is 13.4 Å². The van der Waals surface area contributed by atoms with Gasteiger partial charge in [0.25, 0.3) is 8.03 Å². The van der Waals surface area contributed by atoms with E-state index in [0.29, 0.717) is 22.7 Å². The molecule has 0 radical (unpaired) electrons. The van der Waals surface area contributed by atoms with Crippen LogP contribution in [0, 0.1) is 5.92 Å². The molecule has 1 saturated heterocycles. The number of para-hydroxylation sites is 1. The largest absolute Gasteiger partial charge is 0.443 e. The van der Waals surface area contributed by atoms with E-state index in [2.05, 4.69) is 51.4 Å². The molecular weight excluding hydrogens is 635 g/mol. The fourth-order valence-electron chi connectivity index (χ4n) is 5.75. The van der Waals surface area contributed by atoms with E-state index in [4.69, 9.17) is 18.7 Å². The summed E-state index contributed by atoms with van der Waals surface area (Å²) >= 11 is 0. The van der Waals surface area contributed by atoms with Crippen LogP contribution in [0.5, 0.6) is 5.75 Å². The lowest BCUT2D eigenvalue weighted by Crippen LogP contribution is -2.25. The normalized spacial score (nSPS) is 20.2. The van der Waals surface area contributed by atoms with Crippen LogP contribution in [0.25, 0.3) is 11.2 Å². The summed E-state index contributed by atoms with van der Waals surface area (Å²) in [5.41, 5.74) is 0.807. The van der Waals surface area contributed by atoms with Gasteiger partial charge in [0.15, 0.2) is 35.7 Å². The standard InChI is InChI=1S/C35H32FN5O4P2/c1-25-30(36)34(44-35(25)43-24-46(42)45-26-14-6-2-7-15-26)41-23-39-31-32(37-22-38-33(31)41)40-47(27-16-8-3-9-17-27,28-18-10-4-11-19-28)29-20-12-5-13-21-29/h2-23,25,30,34-35,46H,24H2,1H3/t25-,30?,34+,35?/m0/s1. The number of imidazole rings is 1. The average molecular weight is 668 g/mol. The van der Waals surface area contributed by atoms with Crippen LogP contribution in [0.1, 0.15) is 13.2 Å². The number of aromatic nitrogens is 4. The molecule has 3 heterocycles. The summed E-state index contributed by atoms with van der Waals surface area (Å²) in [6, 6.07) is 39.4. The lowest BCUT2D eigenvalue weighted by molar-refractivity contribution is -0.151.